The highest BCUT2D eigenvalue weighted by molar-refractivity contribution is 7.19. The van der Waals surface area contributed by atoms with E-state index < -0.39 is 0 Å². The number of nitrogen functional groups attached to an aromatic ring is 1. The van der Waals surface area contributed by atoms with Gasteiger partial charge in [0.2, 0.25) is 0 Å². The van der Waals surface area contributed by atoms with Crippen molar-refractivity contribution >= 4 is 33.1 Å². The van der Waals surface area contributed by atoms with Crippen LogP contribution in [0.15, 0.2) is 24.3 Å². The molecule has 0 radical (unpaired) electrons. The molecule has 0 aliphatic heterocycles. The molecule has 0 amide bonds. The molecule has 3 N–H and O–H groups in total. The van der Waals surface area contributed by atoms with E-state index in [1.807, 2.05) is 25.4 Å². The first kappa shape index (κ1) is 17.2. The SMILES string of the molecule is CN(C)c1ccc(-c2nc(NN)c3c4c(sc3n2)CCCCCC4)cc1. The Kier molecular flexibility index (Phi) is 4.78. The molecule has 0 saturated heterocycles. The van der Waals surface area contributed by atoms with Gasteiger partial charge in [-0.1, -0.05) is 12.8 Å². The van der Waals surface area contributed by atoms with Crippen molar-refractivity contribution in [3.63, 3.8) is 0 Å². The second-order valence-electron chi connectivity index (χ2n) is 7.08. The number of hydrazine groups is 1. The van der Waals surface area contributed by atoms with Gasteiger partial charge >= 0.3 is 0 Å². The van der Waals surface area contributed by atoms with Gasteiger partial charge in [0.05, 0.1) is 5.39 Å². The first-order valence-electron chi connectivity index (χ1n) is 9.24. The number of aryl methyl sites for hydroxylation is 2. The van der Waals surface area contributed by atoms with Gasteiger partial charge in [0.15, 0.2) is 11.6 Å². The van der Waals surface area contributed by atoms with E-state index in [-0.39, 0.29) is 0 Å². The Morgan fingerprint density at radius 1 is 1.00 bits per heavy atom. The third-order valence-electron chi connectivity index (χ3n) is 5.09. The zero-order chi connectivity index (χ0) is 18.1. The molecular weight excluding hydrogens is 342 g/mol. The first-order chi connectivity index (χ1) is 12.7. The topological polar surface area (TPSA) is 67.1 Å². The van der Waals surface area contributed by atoms with Crippen LogP contribution in [-0.4, -0.2) is 24.1 Å². The summed E-state index contributed by atoms with van der Waals surface area (Å²) in [4.78, 5) is 14.2. The van der Waals surface area contributed by atoms with Crippen LogP contribution in [0.5, 0.6) is 0 Å². The zero-order valence-corrected chi connectivity index (χ0v) is 16.2. The number of benzene rings is 1. The van der Waals surface area contributed by atoms with E-state index in [2.05, 4.69) is 34.6 Å². The lowest BCUT2D eigenvalue weighted by molar-refractivity contribution is 0.624. The maximum Gasteiger partial charge on any atom is 0.163 e. The number of thiophene rings is 1. The summed E-state index contributed by atoms with van der Waals surface area (Å²) >= 11 is 1.81. The fourth-order valence-electron chi connectivity index (χ4n) is 3.65. The molecule has 4 rings (SSSR count). The van der Waals surface area contributed by atoms with Gasteiger partial charge in [0, 0.05) is 30.2 Å². The van der Waals surface area contributed by atoms with Crippen LogP contribution in [-0.2, 0) is 12.8 Å². The lowest BCUT2D eigenvalue weighted by atomic mass is 9.98. The van der Waals surface area contributed by atoms with E-state index in [4.69, 9.17) is 15.8 Å². The number of nitrogens with zero attached hydrogens (tertiary/aromatic N) is 3. The van der Waals surface area contributed by atoms with Crippen LogP contribution in [0.1, 0.15) is 36.1 Å². The predicted octanol–water partition coefficient (Wildman–Crippen LogP) is 4.37. The Hall–Kier alpha value is -2.18. The van der Waals surface area contributed by atoms with Crippen molar-refractivity contribution in [1.82, 2.24) is 9.97 Å². The Balaban J connectivity index is 1.82. The van der Waals surface area contributed by atoms with Crippen LogP contribution in [0, 0.1) is 0 Å². The molecule has 2 heterocycles. The fourth-order valence-corrected chi connectivity index (χ4v) is 4.91. The Bertz CT molecular complexity index is 914. The first-order valence-corrected chi connectivity index (χ1v) is 10.1. The van der Waals surface area contributed by atoms with Gasteiger partial charge in [-0.25, -0.2) is 15.8 Å². The summed E-state index contributed by atoms with van der Waals surface area (Å²) in [5.41, 5.74) is 6.41. The summed E-state index contributed by atoms with van der Waals surface area (Å²) in [6.45, 7) is 0. The van der Waals surface area contributed by atoms with Crippen molar-refractivity contribution in [2.24, 2.45) is 5.84 Å². The minimum atomic E-state index is 0.727. The molecule has 26 heavy (non-hydrogen) atoms. The summed E-state index contributed by atoms with van der Waals surface area (Å²) in [5, 5.41) is 1.13. The van der Waals surface area contributed by atoms with Gasteiger partial charge in [-0.05, 0) is 55.5 Å². The van der Waals surface area contributed by atoms with Gasteiger partial charge in [-0.2, -0.15) is 0 Å². The molecule has 0 spiro atoms. The molecular formula is C20H25N5S. The predicted molar refractivity (Wildman–Crippen MR) is 111 cm³/mol. The molecule has 0 fully saturated rings. The van der Waals surface area contributed by atoms with E-state index in [0.717, 1.165) is 46.0 Å². The number of nitrogens with one attached hydrogen (secondary N) is 1. The van der Waals surface area contributed by atoms with Crippen molar-refractivity contribution in [3.8, 4) is 11.4 Å². The van der Waals surface area contributed by atoms with Crippen molar-refractivity contribution in [2.75, 3.05) is 24.4 Å². The highest BCUT2D eigenvalue weighted by atomic mass is 32.1. The van der Waals surface area contributed by atoms with E-state index in [0.29, 0.717) is 0 Å². The number of fused-ring (bicyclic) bond motifs is 3. The smallest absolute Gasteiger partial charge is 0.163 e. The molecule has 6 heteroatoms. The number of hydrogen-bond donors (Lipinski definition) is 2. The van der Waals surface area contributed by atoms with Crippen LogP contribution in [0.25, 0.3) is 21.6 Å². The van der Waals surface area contributed by atoms with Gasteiger partial charge in [0.25, 0.3) is 0 Å². The highest BCUT2D eigenvalue weighted by Gasteiger charge is 2.20. The quantitative estimate of drug-likeness (QED) is 0.531. The minimum absolute atomic E-state index is 0.727. The molecule has 3 aromatic rings. The summed E-state index contributed by atoms with van der Waals surface area (Å²) in [6, 6.07) is 8.32. The lowest BCUT2D eigenvalue weighted by Gasteiger charge is -2.13. The molecule has 0 unspecified atom stereocenters. The maximum atomic E-state index is 5.85. The minimum Gasteiger partial charge on any atom is -0.378 e. The number of aromatic nitrogens is 2. The Morgan fingerprint density at radius 3 is 2.42 bits per heavy atom. The zero-order valence-electron chi connectivity index (χ0n) is 15.4. The van der Waals surface area contributed by atoms with Crippen molar-refractivity contribution in [1.29, 1.82) is 0 Å². The monoisotopic (exact) mass is 367 g/mol. The summed E-state index contributed by atoms with van der Waals surface area (Å²) in [5.74, 6) is 7.32. The van der Waals surface area contributed by atoms with E-state index in [9.17, 15) is 0 Å². The normalized spacial score (nSPS) is 14.6. The Labute approximate surface area is 158 Å². The maximum absolute atomic E-state index is 5.85. The molecule has 0 bridgehead atoms. The van der Waals surface area contributed by atoms with Crippen LogP contribution >= 0.6 is 11.3 Å². The Morgan fingerprint density at radius 2 is 1.73 bits per heavy atom. The van der Waals surface area contributed by atoms with Gasteiger partial charge in [-0.15, -0.1) is 11.3 Å². The molecule has 0 saturated carbocycles. The fraction of sp³-hybridized carbons (Fsp3) is 0.400. The summed E-state index contributed by atoms with van der Waals surface area (Å²) < 4.78 is 0. The number of anilines is 2. The van der Waals surface area contributed by atoms with Crippen LogP contribution in [0.4, 0.5) is 11.5 Å². The average Bonchev–Trinajstić information content (AvgIpc) is 2.97. The highest BCUT2D eigenvalue weighted by Crippen LogP contribution is 2.38. The van der Waals surface area contributed by atoms with Crippen LogP contribution in [0.2, 0.25) is 0 Å². The van der Waals surface area contributed by atoms with E-state index in [1.165, 1.54) is 36.1 Å². The lowest BCUT2D eigenvalue weighted by Crippen LogP contribution is -2.11. The van der Waals surface area contributed by atoms with Gasteiger partial charge in [0.1, 0.15) is 4.83 Å². The average molecular weight is 368 g/mol. The second kappa shape index (κ2) is 7.21. The number of nitrogens with two attached hydrogens (primary N) is 1. The molecule has 2 aromatic heterocycles. The van der Waals surface area contributed by atoms with Crippen LogP contribution < -0.4 is 16.2 Å². The van der Waals surface area contributed by atoms with E-state index >= 15 is 0 Å². The number of hydrogen-bond acceptors (Lipinski definition) is 6. The van der Waals surface area contributed by atoms with Crippen molar-refractivity contribution < 1.29 is 0 Å². The van der Waals surface area contributed by atoms with E-state index in [1.54, 1.807) is 0 Å². The molecule has 136 valence electrons. The standard InChI is InChI=1S/C20H25N5S/c1-25(2)14-11-9-13(10-12-14)18-22-19(24-21)17-15-7-5-3-4-6-8-16(15)26-20(17)23-18/h9-12H,3-8,21H2,1-2H3,(H,22,23,24). The van der Waals surface area contributed by atoms with Crippen molar-refractivity contribution in [2.45, 2.75) is 38.5 Å². The molecule has 0 atom stereocenters. The molecule has 1 aliphatic carbocycles. The summed E-state index contributed by atoms with van der Waals surface area (Å²) in [6.07, 6.45) is 7.37. The van der Waals surface area contributed by atoms with Gasteiger partial charge in [-0.3, -0.25) is 0 Å². The summed E-state index contributed by atoms with van der Waals surface area (Å²) in [7, 11) is 4.07. The number of rotatable bonds is 3. The van der Waals surface area contributed by atoms with Gasteiger partial charge < -0.3 is 10.3 Å². The van der Waals surface area contributed by atoms with Crippen LogP contribution in [0.3, 0.4) is 0 Å². The molecule has 5 nitrogen and oxygen atoms in total. The second-order valence-corrected chi connectivity index (χ2v) is 8.16. The largest absolute Gasteiger partial charge is 0.378 e. The van der Waals surface area contributed by atoms with Crippen molar-refractivity contribution in [3.05, 3.63) is 34.7 Å². The molecule has 1 aromatic carbocycles. The third kappa shape index (κ3) is 3.15. The third-order valence-corrected chi connectivity index (χ3v) is 6.28. The molecule has 1 aliphatic rings.